The van der Waals surface area contributed by atoms with Crippen molar-refractivity contribution in [3.05, 3.63) is 34.6 Å². The van der Waals surface area contributed by atoms with E-state index in [0.717, 1.165) is 30.4 Å². The fraction of sp³-hybridized carbons (Fsp3) is 0.579. The van der Waals surface area contributed by atoms with Gasteiger partial charge < -0.3 is 19.3 Å². The van der Waals surface area contributed by atoms with Gasteiger partial charge in [-0.05, 0) is 42.7 Å². The van der Waals surface area contributed by atoms with Crippen LogP contribution in [0.25, 0.3) is 0 Å². The van der Waals surface area contributed by atoms with Crippen LogP contribution in [0.5, 0.6) is 0 Å². The highest BCUT2D eigenvalue weighted by molar-refractivity contribution is 5.93. The van der Waals surface area contributed by atoms with Crippen LogP contribution < -0.4 is 0 Å². The third-order valence-corrected chi connectivity index (χ3v) is 5.72. The molecule has 0 amide bonds. The Labute approximate surface area is 146 Å². The predicted octanol–water partition coefficient (Wildman–Crippen LogP) is 2.14. The zero-order valence-corrected chi connectivity index (χ0v) is 14.6. The lowest BCUT2D eigenvalue weighted by molar-refractivity contribution is -0.152. The summed E-state index contributed by atoms with van der Waals surface area (Å²) in [6.07, 6.45) is 3.70. The Hall–Kier alpha value is -2.08. The number of carbonyl (C=O) groups is 2. The summed E-state index contributed by atoms with van der Waals surface area (Å²) < 4.78 is 16.1. The first-order valence-corrected chi connectivity index (χ1v) is 8.67. The molecule has 0 spiro atoms. The summed E-state index contributed by atoms with van der Waals surface area (Å²) in [5.74, 6) is -1.36. The van der Waals surface area contributed by atoms with Crippen molar-refractivity contribution < 1.29 is 28.9 Å². The molecule has 0 radical (unpaired) electrons. The van der Waals surface area contributed by atoms with Crippen molar-refractivity contribution in [2.75, 3.05) is 0 Å². The van der Waals surface area contributed by atoms with Crippen LogP contribution in [0.4, 0.5) is 0 Å². The van der Waals surface area contributed by atoms with Crippen LogP contribution in [-0.2, 0) is 23.8 Å². The maximum atomic E-state index is 12.3. The van der Waals surface area contributed by atoms with Crippen LogP contribution in [0, 0.1) is 11.3 Å². The fourth-order valence-corrected chi connectivity index (χ4v) is 4.49. The van der Waals surface area contributed by atoms with E-state index in [0.29, 0.717) is 11.1 Å². The summed E-state index contributed by atoms with van der Waals surface area (Å²) in [6, 6.07) is 0. The highest BCUT2D eigenvalue weighted by Crippen LogP contribution is 2.54. The van der Waals surface area contributed by atoms with Crippen molar-refractivity contribution in [3.8, 4) is 0 Å². The van der Waals surface area contributed by atoms with Gasteiger partial charge in [0.15, 0.2) is 0 Å². The molecule has 4 aliphatic rings. The number of hydrogen-bond donors (Lipinski definition) is 1. The number of ether oxygens (including phenoxy) is 3. The first-order valence-electron chi connectivity index (χ1n) is 8.67. The summed E-state index contributed by atoms with van der Waals surface area (Å²) in [5.41, 5.74) is 2.75. The molecule has 2 aliphatic heterocycles. The molecule has 0 saturated carbocycles. The minimum Gasteiger partial charge on any atom is -0.458 e. The lowest BCUT2D eigenvalue weighted by Gasteiger charge is -2.34. The average molecular weight is 346 g/mol. The van der Waals surface area contributed by atoms with E-state index in [4.69, 9.17) is 14.2 Å². The van der Waals surface area contributed by atoms with Gasteiger partial charge in [-0.2, -0.15) is 0 Å². The minimum absolute atomic E-state index is 0.0919. The van der Waals surface area contributed by atoms with Gasteiger partial charge in [0.1, 0.15) is 6.10 Å². The Morgan fingerprint density at radius 3 is 2.72 bits per heavy atom. The topological polar surface area (TPSA) is 82.1 Å². The molecule has 4 atom stereocenters. The highest BCUT2D eigenvalue weighted by Gasteiger charge is 2.56. The molecule has 0 aromatic heterocycles. The molecular weight excluding hydrogens is 324 g/mol. The van der Waals surface area contributed by atoms with Gasteiger partial charge in [0.05, 0.1) is 23.9 Å². The second-order valence-electron chi connectivity index (χ2n) is 7.81. The number of carbonyl (C=O) groups excluding carboxylic acids is 2. The molecule has 1 saturated heterocycles. The maximum Gasteiger partial charge on any atom is 0.338 e. The Kier molecular flexibility index (Phi) is 3.58. The number of fused-ring (bicyclic) bond motifs is 2. The zero-order chi connectivity index (χ0) is 17.9. The molecule has 2 heterocycles. The Bertz CT molecular complexity index is 741. The largest absolute Gasteiger partial charge is 0.458 e. The smallest absolute Gasteiger partial charge is 0.338 e. The van der Waals surface area contributed by atoms with Crippen LogP contribution in [0.15, 0.2) is 34.6 Å². The van der Waals surface area contributed by atoms with Gasteiger partial charge in [-0.25, -0.2) is 9.59 Å². The van der Waals surface area contributed by atoms with Gasteiger partial charge in [0.2, 0.25) is 0 Å². The Balaban J connectivity index is 1.60. The molecule has 0 bridgehead atoms. The molecular formula is C19H22O6. The van der Waals surface area contributed by atoms with Crippen molar-refractivity contribution in [1.29, 1.82) is 0 Å². The number of hydrogen-bond acceptors (Lipinski definition) is 6. The number of esters is 2. The monoisotopic (exact) mass is 346 g/mol. The van der Waals surface area contributed by atoms with Gasteiger partial charge >= 0.3 is 11.9 Å². The van der Waals surface area contributed by atoms with Crippen LogP contribution >= 0.6 is 0 Å². The molecule has 4 rings (SSSR count). The summed E-state index contributed by atoms with van der Waals surface area (Å²) in [7, 11) is 0. The SMILES string of the molecule is CC1=CC(O/C=C2/C(=O)O[C@@H]3C4=C(CCCC4(C)C)C(O)[C@H]23)OC1=O. The van der Waals surface area contributed by atoms with E-state index >= 15 is 0 Å². The third kappa shape index (κ3) is 2.42. The first-order chi connectivity index (χ1) is 11.8. The van der Waals surface area contributed by atoms with Crippen molar-refractivity contribution in [1.82, 2.24) is 0 Å². The molecule has 1 N–H and O–H groups in total. The quantitative estimate of drug-likeness (QED) is 0.357. The second-order valence-corrected chi connectivity index (χ2v) is 7.81. The summed E-state index contributed by atoms with van der Waals surface area (Å²) in [6.45, 7) is 5.90. The molecule has 0 aromatic rings. The van der Waals surface area contributed by atoms with Crippen LogP contribution in [0.2, 0.25) is 0 Å². The van der Waals surface area contributed by atoms with E-state index in [-0.39, 0.29) is 5.41 Å². The highest BCUT2D eigenvalue weighted by atomic mass is 16.7. The standard InChI is InChI=1S/C19H22O6/c1-9-7-12(24-17(9)21)23-8-11-13-15(20)10-5-4-6-19(2,3)14(10)16(13)25-18(11)22/h7-8,12-13,15-16,20H,4-6H2,1-3H3/b11-8+/t12?,13-,15?,16-/m0/s1. The number of rotatable bonds is 2. The predicted molar refractivity (Wildman–Crippen MR) is 86.8 cm³/mol. The number of aliphatic hydroxyl groups excluding tert-OH is 1. The molecule has 0 aromatic carbocycles. The summed E-state index contributed by atoms with van der Waals surface area (Å²) in [4.78, 5) is 23.7. The van der Waals surface area contributed by atoms with Gasteiger partial charge in [0, 0.05) is 11.6 Å². The average Bonchev–Trinajstić information content (AvgIpc) is 3.11. The minimum atomic E-state index is -0.843. The van der Waals surface area contributed by atoms with Gasteiger partial charge in [-0.15, -0.1) is 0 Å². The van der Waals surface area contributed by atoms with Gasteiger partial charge in [0.25, 0.3) is 6.29 Å². The lowest BCUT2D eigenvalue weighted by atomic mass is 9.72. The van der Waals surface area contributed by atoms with E-state index in [1.807, 2.05) is 0 Å². The normalized spacial score (nSPS) is 37.6. The molecule has 134 valence electrons. The molecule has 2 unspecified atom stereocenters. The van der Waals surface area contributed by atoms with Gasteiger partial charge in [-0.1, -0.05) is 13.8 Å². The molecule has 6 heteroatoms. The van der Waals surface area contributed by atoms with Crippen LogP contribution in [0.1, 0.15) is 40.0 Å². The van der Waals surface area contributed by atoms with Crippen molar-refractivity contribution in [3.63, 3.8) is 0 Å². The molecule has 1 fully saturated rings. The third-order valence-electron chi connectivity index (χ3n) is 5.72. The maximum absolute atomic E-state index is 12.3. The Morgan fingerprint density at radius 1 is 1.28 bits per heavy atom. The van der Waals surface area contributed by atoms with Crippen LogP contribution in [-0.4, -0.2) is 35.5 Å². The van der Waals surface area contributed by atoms with E-state index in [9.17, 15) is 14.7 Å². The van der Waals surface area contributed by atoms with Crippen molar-refractivity contribution in [2.45, 2.75) is 58.5 Å². The molecule has 6 nitrogen and oxygen atoms in total. The number of aliphatic hydroxyl groups is 1. The van der Waals surface area contributed by atoms with Crippen molar-refractivity contribution in [2.24, 2.45) is 11.3 Å². The van der Waals surface area contributed by atoms with E-state index in [1.54, 1.807) is 13.0 Å². The lowest BCUT2D eigenvalue weighted by Crippen LogP contribution is -2.27. The molecule has 25 heavy (non-hydrogen) atoms. The van der Waals surface area contributed by atoms with E-state index in [2.05, 4.69) is 13.8 Å². The summed E-state index contributed by atoms with van der Waals surface area (Å²) >= 11 is 0. The van der Waals surface area contributed by atoms with Crippen LogP contribution in [0.3, 0.4) is 0 Å². The van der Waals surface area contributed by atoms with E-state index < -0.39 is 36.4 Å². The molecule has 2 aliphatic carbocycles. The fourth-order valence-electron chi connectivity index (χ4n) is 4.49. The summed E-state index contributed by atoms with van der Waals surface area (Å²) in [5, 5.41) is 10.8. The zero-order valence-electron chi connectivity index (χ0n) is 14.6. The van der Waals surface area contributed by atoms with Crippen molar-refractivity contribution >= 4 is 11.9 Å². The number of cyclic esters (lactones) is 1. The second kappa shape index (κ2) is 5.46. The van der Waals surface area contributed by atoms with E-state index in [1.165, 1.54) is 6.26 Å². The Morgan fingerprint density at radius 2 is 2.04 bits per heavy atom. The van der Waals surface area contributed by atoms with Gasteiger partial charge in [-0.3, -0.25) is 0 Å². The first kappa shape index (κ1) is 16.4.